The first-order valence-corrected chi connectivity index (χ1v) is 7.01. The molecule has 21 heavy (non-hydrogen) atoms. The van der Waals surface area contributed by atoms with Gasteiger partial charge in [0, 0.05) is 16.7 Å². The first kappa shape index (κ1) is 15.9. The van der Waals surface area contributed by atoms with Gasteiger partial charge in [0.15, 0.2) is 0 Å². The fraction of sp³-hybridized carbons (Fsp3) is 0.200. The molecular weight excluding hydrogens is 347 g/mol. The Morgan fingerprint density at radius 3 is 2.48 bits per heavy atom. The summed E-state index contributed by atoms with van der Waals surface area (Å²) in [7, 11) is 0. The number of rotatable bonds is 4. The molecule has 1 atom stereocenters. The molecule has 2 rings (SSSR count). The Kier molecular flexibility index (Phi) is 4.90. The number of aliphatic hydroxyl groups excluding tert-OH is 1. The molecule has 0 saturated heterocycles. The van der Waals surface area contributed by atoms with Gasteiger partial charge in [0.05, 0.1) is 11.7 Å². The number of anilines is 1. The Labute approximate surface area is 128 Å². The van der Waals surface area contributed by atoms with E-state index >= 15 is 0 Å². The van der Waals surface area contributed by atoms with Gasteiger partial charge in [-0.15, -0.1) is 0 Å². The molecule has 1 unspecified atom stereocenters. The van der Waals surface area contributed by atoms with Crippen molar-refractivity contribution < 1.29 is 18.3 Å². The number of hydrogen-bond donors (Lipinski definition) is 2. The van der Waals surface area contributed by atoms with E-state index in [9.17, 15) is 18.3 Å². The molecule has 0 bridgehead atoms. The summed E-state index contributed by atoms with van der Waals surface area (Å²) >= 11 is 3.28. The zero-order valence-corrected chi connectivity index (χ0v) is 12.4. The molecule has 112 valence electrons. The summed E-state index contributed by atoms with van der Waals surface area (Å²) in [6, 6.07) is 12.2. The summed E-state index contributed by atoms with van der Waals surface area (Å²) < 4.78 is 39.3. The predicted molar refractivity (Wildman–Crippen MR) is 79.0 cm³/mol. The fourth-order valence-electron chi connectivity index (χ4n) is 1.92. The van der Waals surface area contributed by atoms with E-state index in [0.29, 0.717) is 5.56 Å². The normalized spacial score (nSPS) is 13.0. The summed E-state index contributed by atoms with van der Waals surface area (Å²) in [4.78, 5) is 0. The minimum Gasteiger partial charge on any atom is -0.387 e. The molecule has 2 nitrogen and oxygen atoms in total. The number of halogens is 4. The standard InChI is InChI=1S/C15H13BrF3NO/c16-11-5-3-4-10(8-11)14(21)9-20-13-7-2-1-6-12(13)15(17,18)19/h1-8,14,20-21H,9H2. The third kappa shape index (κ3) is 4.22. The van der Waals surface area contributed by atoms with Gasteiger partial charge in [-0.3, -0.25) is 0 Å². The summed E-state index contributed by atoms with van der Waals surface area (Å²) in [5.41, 5.74) is -0.160. The lowest BCUT2D eigenvalue weighted by Crippen LogP contribution is -2.16. The lowest BCUT2D eigenvalue weighted by atomic mass is 10.1. The number of hydrogen-bond acceptors (Lipinski definition) is 2. The maximum atomic E-state index is 12.8. The molecule has 0 radical (unpaired) electrons. The van der Waals surface area contributed by atoms with Crippen molar-refractivity contribution in [1.82, 2.24) is 0 Å². The van der Waals surface area contributed by atoms with E-state index in [1.54, 1.807) is 18.2 Å². The molecule has 0 fully saturated rings. The van der Waals surface area contributed by atoms with Gasteiger partial charge in [-0.25, -0.2) is 0 Å². The van der Waals surface area contributed by atoms with Gasteiger partial charge in [-0.05, 0) is 29.8 Å². The third-order valence-electron chi connectivity index (χ3n) is 2.95. The molecule has 0 aliphatic carbocycles. The molecule has 2 N–H and O–H groups in total. The van der Waals surface area contributed by atoms with Crippen LogP contribution in [0.4, 0.5) is 18.9 Å². The summed E-state index contributed by atoms with van der Waals surface area (Å²) in [5.74, 6) is 0. The Balaban J connectivity index is 2.10. The molecule has 0 aliphatic heterocycles. The lowest BCUT2D eigenvalue weighted by molar-refractivity contribution is -0.137. The van der Waals surface area contributed by atoms with Crippen molar-refractivity contribution in [1.29, 1.82) is 0 Å². The second-order valence-electron chi connectivity index (χ2n) is 4.50. The van der Waals surface area contributed by atoms with Crippen LogP contribution in [0.2, 0.25) is 0 Å². The van der Waals surface area contributed by atoms with Crippen LogP contribution in [0.15, 0.2) is 53.0 Å². The molecule has 0 aromatic heterocycles. The summed E-state index contributed by atoms with van der Waals surface area (Å²) in [6.45, 7) is -0.0104. The SMILES string of the molecule is OC(CNc1ccccc1C(F)(F)F)c1cccc(Br)c1. The lowest BCUT2D eigenvalue weighted by Gasteiger charge is -2.17. The van der Waals surface area contributed by atoms with Gasteiger partial charge in [-0.1, -0.05) is 40.2 Å². The molecule has 0 spiro atoms. The van der Waals surface area contributed by atoms with Gasteiger partial charge in [-0.2, -0.15) is 13.2 Å². The first-order chi connectivity index (χ1) is 9.88. The van der Waals surface area contributed by atoms with Crippen LogP contribution >= 0.6 is 15.9 Å². The van der Waals surface area contributed by atoms with Crippen molar-refractivity contribution in [2.45, 2.75) is 12.3 Å². The van der Waals surface area contributed by atoms with E-state index in [1.165, 1.54) is 18.2 Å². The monoisotopic (exact) mass is 359 g/mol. The number of nitrogens with one attached hydrogen (secondary N) is 1. The third-order valence-corrected chi connectivity index (χ3v) is 3.45. The van der Waals surface area contributed by atoms with Crippen molar-refractivity contribution in [2.24, 2.45) is 0 Å². The maximum absolute atomic E-state index is 12.8. The largest absolute Gasteiger partial charge is 0.418 e. The zero-order valence-electron chi connectivity index (χ0n) is 10.9. The number of alkyl halides is 3. The van der Waals surface area contributed by atoms with Gasteiger partial charge >= 0.3 is 6.18 Å². The highest BCUT2D eigenvalue weighted by Crippen LogP contribution is 2.34. The average Bonchev–Trinajstić information content (AvgIpc) is 2.44. The van der Waals surface area contributed by atoms with Crippen LogP contribution in [0.3, 0.4) is 0 Å². The van der Waals surface area contributed by atoms with Crippen molar-refractivity contribution in [3.8, 4) is 0 Å². The molecule has 0 aliphatic rings. The minimum atomic E-state index is -4.43. The van der Waals surface area contributed by atoms with Gasteiger partial charge < -0.3 is 10.4 Å². The van der Waals surface area contributed by atoms with E-state index in [1.807, 2.05) is 6.07 Å². The van der Waals surface area contributed by atoms with Gasteiger partial charge in [0.25, 0.3) is 0 Å². The van der Waals surface area contributed by atoms with Crippen LogP contribution in [0.5, 0.6) is 0 Å². The van der Waals surface area contributed by atoms with Crippen LogP contribution in [0, 0.1) is 0 Å². The van der Waals surface area contributed by atoms with E-state index < -0.39 is 17.8 Å². The summed E-state index contributed by atoms with van der Waals surface area (Å²) in [6.07, 6.45) is -5.33. The molecular formula is C15H13BrF3NO. The van der Waals surface area contributed by atoms with Crippen LogP contribution in [-0.4, -0.2) is 11.7 Å². The number of aliphatic hydroxyl groups is 1. The smallest absolute Gasteiger partial charge is 0.387 e. The van der Waals surface area contributed by atoms with Crippen molar-refractivity contribution in [2.75, 3.05) is 11.9 Å². The maximum Gasteiger partial charge on any atom is 0.418 e. The molecule has 0 heterocycles. The van der Waals surface area contributed by atoms with Crippen LogP contribution in [0.25, 0.3) is 0 Å². The predicted octanol–water partition coefficient (Wildman–Crippen LogP) is 4.61. The topological polar surface area (TPSA) is 32.3 Å². The van der Waals surface area contributed by atoms with E-state index in [4.69, 9.17) is 0 Å². The van der Waals surface area contributed by atoms with Crippen molar-refractivity contribution in [3.05, 3.63) is 64.1 Å². The van der Waals surface area contributed by atoms with Crippen LogP contribution < -0.4 is 5.32 Å². The molecule has 2 aromatic rings. The Bertz CT molecular complexity index is 616. The second kappa shape index (κ2) is 6.49. The summed E-state index contributed by atoms with van der Waals surface area (Å²) in [5, 5.41) is 12.7. The average molecular weight is 360 g/mol. The van der Waals surface area contributed by atoms with Crippen molar-refractivity contribution >= 4 is 21.6 Å². The van der Waals surface area contributed by atoms with E-state index in [2.05, 4.69) is 21.2 Å². The zero-order chi connectivity index (χ0) is 15.5. The molecule has 0 saturated carbocycles. The fourth-order valence-corrected chi connectivity index (χ4v) is 2.34. The van der Waals surface area contributed by atoms with Gasteiger partial charge in [0.1, 0.15) is 0 Å². The first-order valence-electron chi connectivity index (χ1n) is 6.21. The quantitative estimate of drug-likeness (QED) is 0.835. The Morgan fingerprint density at radius 2 is 1.81 bits per heavy atom. The number of benzene rings is 2. The second-order valence-corrected chi connectivity index (χ2v) is 5.41. The Morgan fingerprint density at radius 1 is 1.10 bits per heavy atom. The molecule has 0 amide bonds. The van der Waals surface area contributed by atoms with Crippen LogP contribution in [0.1, 0.15) is 17.2 Å². The molecule has 2 aromatic carbocycles. The van der Waals surface area contributed by atoms with Crippen LogP contribution in [-0.2, 0) is 6.18 Å². The minimum absolute atomic E-state index is 0.0104. The highest BCUT2D eigenvalue weighted by atomic mass is 79.9. The van der Waals surface area contributed by atoms with Gasteiger partial charge in [0.2, 0.25) is 0 Å². The van der Waals surface area contributed by atoms with Crippen molar-refractivity contribution in [3.63, 3.8) is 0 Å². The Hall–Kier alpha value is -1.53. The highest BCUT2D eigenvalue weighted by Gasteiger charge is 2.33. The van der Waals surface area contributed by atoms with E-state index in [0.717, 1.165) is 10.5 Å². The van der Waals surface area contributed by atoms with E-state index in [-0.39, 0.29) is 12.2 Å². The number of para-hydroxylation sites is 1. The molecule has 6 heteroatoms. The highest BCUT2D eigenvalue weighted by molar-refractivity contribution is 9.10.